The maximum Gasteiger partial charge on any atom is 0.251 e. The molecule has 390 valence electrons. The highest BCUT2D eigenvalue weighted by molar-refractivity contribution is 7.13. The van der Waals surface area contributed by atoms with Crippen molar-refractivity contribution >= 4 is 46.6 Å². The number of β-amino-alcohol motifs (C(OH)–C–C–N with tert-alkyl or cyclic N) is 1. The molecule has 2 bridgehead atoms. The fourth-order valence-corrected chi connectivity index (χ4v) is 13.1. The number of carbonyl (C=O) groups is 4. The van der Waals surface area contributed by atoms with Gasteiger partial charge in [-0.1, -0.05) is 96.5 Å². The SMILES string of the molecule is Cc1ncsc1-c1ccc([C@H](CO)NC(=O)C2C[C@@H](O)CN2C(=O)C(NC(=O)CN2C3CCC2CN(CCCc2ccc(C(=O)NC4C(C)(C)C(Oc5ccc(C#N)c(Cl)c5)C4(C)C)cc2)C3)C(C)(C)C)cc1. The molecule has 3 aliphatic heterocycles. The number of likely N-dealkylation sites (tertiary alicyclic amines) is 2. The van der Waals surface area contributed by atoms with Crippen molar-refractivity contribution in [2.45, 2.75) is 136 Å². The van der Waals surface area contributed by atoms with Crippen LogP contribution in [0, 0.1) is 34.5 Å². The fourth-order valence-electron chi connectivity index (χ4n) is 12.1. The number of hydrogen-bond donors (Lipinski definition) is 5. The Hall–Kier alpha value is -5.41. The third kappa shape index (κ3) is 11.6. The predicted octanol–water partition coefficient (Wildman–Crippen LogP) is 6.68. The van der Waals surface area contributed by atoms with Crippen LogP contribution in [-0.2, 0) is 20.8 Å². The van der Waals surface area contributed by atoms with Crippen molar-refractivity contribution in [2.75, 3.05) is 39.3 Å². The first-order valence-corrected chi connectivity index (χ1v) is 26.8. The van der Waals surface area contributed by atoms with Crippen LogP contribution in [0.3, 0.4) is 0 Å². The molecule has 4 heterocycles. The zero-order valence-electron chi connectivity index (χ0n) is 43.3. The molecule has 8 rings (SSSR count). The average molecular weight is 1040 g/mol. The molecule has 3 saturated heterocycles. The molecule has 4 aliphatic rings. The van der Waals surface area contributed by atoms with Crippen molar-refractivity contribution in [3.05, 3.63) is 105 Å². The molecule has 1 saturated carbocycles. The van der Waals surface area contributed by atoms with Crippen molar-refractivity contribution in [3.63, 3.8) is 0 Å². The van der Waals surface area contributed by atoms with E-state index in [-0.39, 0.29) is 73.0 Å². The fraction of sp³-hybridized carbons (Fsp3) is 0.536. The van der Waals surface area contributed by atoms with Crippen LogP contribution in [0.15, 0.2) is 72.2 Å². The molecule has 4 fully saturated rings. The number of ether oxygens (including phenoxy) is 1. The van der Waals surface area contributed by atoms with E-state index in [1.54, 1.807) is 35.0 Å². The Morgan fingerprint density at radius 1 is 0.959 bits per heavy atom. The monoisotopic (exact) mass is 1030 g/mol. The van der Waals surface area contributed by atoms with E-state index in [0.717, 1.165) is 67.0 Å². The Labute approximate surface area is 438 Å². The molecular weight excluding hydrogens is 964 g/mol. The lowest BCUT2D eigenvalue weighted by Crippen LogP contribution is -2.74. The number of benzene rings is 3. The van der Waals surface area contributed by atoms with Gasteiger partial charge in [0.25, 0.3) is 5.91 Å². The molecule has 3 aromatic carbocycles. The Morgan fingerprint density at radius 3 is 2.22 bits per heavy atom. The van der Waals surface area contributed by atoms with E-state index in [9.17, 15) is 34.7 Å². The van der Waals surface area contributed by atoms with Crippen LogP contribution in [-0.4, -0.2) is 135 Å². The van der Waals surface area contributed by atoms with Crippen LogP contribution >= 0.6 is 22.9 Å². The lowest BCUT2D eigenvalue weighted by Gasteiger charge is -2.63. The number of fused-ring (bicyclic) bond motifs is 2. The highest BCUT2D eigenvalue weighted by Gasteiger charge is 2.64. The zero-order valence-corrected chi connectivity index (χ0v) is 44.9. The predicted molar refractivity (Wildman–Crippen MR) is 282 cm³/mol. The Kier molecular flexibility index (Phi) is 16.1. The molecule has 6 atom stereocenters. The number of rotatable bonds is 17. The number of nitriles is 1. The molecule has 0 spiro atoms. The van der Waals surface area contributed by atoms with E-state index >= 15 is 0 Å². The molecule has 5 N–H and O–H groups in total. The smallest absolute Gasteiger partial charge is 0.251 e. The Balaban J connectivity index is 0.795. The topological polar surface area (TPSA) is 200 Å². The van der Waals surface area contributed by atoms with Crippen molar-refractivity contribution in [3.8, 4) is 22.3 Å². The van der Waals surface area contributed by atoms with Gasteiger partial charge >= 0.3 is 0 Å². The Morgan fingerprint density at radius 2 is 1.63 bits per heavy atom. The standard InChI is InChI=1S/C56H71ClN8O7S/c1-33-47(73-32-59-33)36-17-15-35(16-18-36)44(31-66)60-50(70)45-24-41(67)29-65(45)51(71)48(54(2,3)4)61-46(68)30-64-39-20-21-40(64)28-63(27-39)23-9-10-34-11-13-37(14-12-34)49(69)62-52-55(5,6)53(56(52,7)8)72-42-22-19-38(26-58)43(57)25-42/h11-19,22,25,32,39-41,44-45,48,52-53,66-67H,9-10,20-21,23-24,27-31H2,1-8H3,(H,60,70)(H,61,68)(H,62,69)/t39?,40?,41-,44+,45?,48?,52?,53?/m1/s1. The van der Waals surface area contributed by atoms with Crippen molar-refractivity contribution in [2.24, 2.45) is 16.2 Å². The van der Waals surface area contributed by atoms with E-state index in [1.165, 1.54) is 4.90 Å². The summed E-state index contributed by atoms with van der Waals surface area (Å²) < 4.78 is 6.39. The average Bonchev–Trinajstić information content (AvgIpc) is 4.03. The summed E-state index contributed by atoms with van der Waals surface area (Å²) in [5.41, 5.74) is 5.11. The van der Waals surface area contributed by atoms with Crippen LogP contribution in [0.1, 0.15) is 113 Å². The van der Waals surface area contributed by atoms with Crippen LogP contribution in [0.4, 0.5) is 0 Å². The summed E-state index contributed by atoms with van der Waals surface area (Å²) >= 11 is 7.81. The summed E-state index contributed by atoms with van der Waals surface area (Å²) in [7, 11) is 0. The number of piperazine rings is 1. The zero-order chi connectivity index (χ0) is 52.6. The second-order valence-corrected chi connectivity index (χ2v) is 24.1. The van der Waals surface area contributed by atoms with E-state index in [4.69, 9.17) is 16.3 Å². The molecule has 0 radical (unpaired) electrons. The molecule has 1 aromatic heterocycles. The molecule has 4 unspecified atom stereocenters. The first-order valence-electron chi connectivity index (χ1n) is 25.5. The second kappa shape index (κ2) is 21.8. The number of hydrogen-bond acceptors (Lipinski definition) is 12. The maximum atomic E-state index is 14.4. The number of carbonyl (C=O) groups excluding carboxylic acids is 4. The van der Waals surface area contributed by atoms with Gasteiger partial charge < -0.3 is 40.7 Å². The summed E-state index contributed by atoms with van der Waals surface area (Å²) in [6.07, 6.45) is 2.71. The number of aryl methyl sites for hydroxylation is 2. The van der Waals surface area contributed by atoms with Gasteiger partial charge in [-0.25, -0.2) is 4.98 Å². The quantitative estimate of drug-likeness (QED) is 0.0756. The van der Waals surface area contributed by atoms with Crippen molar-refractivity contribution in [1.82, 2.24) is 35.6 Å². The van der Waals surface area contributed by atoms with Gasteiger partial charge in [0, 0.05) is 66.6 Å². The van der Waals surface area contributed by atoms with E-state index in [1.807, 2.05) is 76.2 Å². The van der Waals surface area contributed by atoms with Crippen LogP contribution in [0.5, 0.6) is 5.75 Å². The summed E-state index contributed by atoms with van der Waals surface area (Å²) in [4.78, 5) is 67.3. The summed E-state index contributed by atoms with van der Waals surface area (Å²) in [5.74, 6) is -0.703. The van der Waals surface area contributed by atoms with Gasteiger partial charge in [0.05, 0.1) is 52.0 Å². The minimum Gasteiger partial charge on any atom is -0.489 e. The van der Waals surface area contributed by atoms with Crippen molar-refractivity contribution < 1.29 is 34.1 Å². The molecule has 73 heavy (non-hydrogen) atoms. The third-order valence-corrected chi connectivity index (χ3v) is 17.0. The van der Waals surface area contributed by atoms with Gasteiger partial charge in [0.2, 0.25) is 17.7 Å². The maximum absolute atomic E-state index is 14.4. The van der Waals surface area contributed by atoms with Crippen LogP contribution in [0.25, 0.3) is 10.4 Å². The third-order valence-electron chi connectivity index (χ3n) is 15.7. The number of nitrogens with one attached hydrogen (secondary N) is 3. The number of amides is 4. The lowest BCUT2D eigenvalue weighted by atomic mass is 9.49. The molecule has 4 amide bonds. The molecule has 1 aliphatic carbocycles. The first kappa shape index (κ1) is 53.9. The summed E-state index contributed by atoms with van der Waals surface area (Å²) in [6, 6.07) is 20.2. The molecule has 17 heteroatoms. The number of aliphatic hydroxyl groups excluding tert-OH is 2. The molecular formula is C56H71ClN8O7S. The lowest BCUT2D eigenvalue weighted by molar-refractivity contribution is -0.164. The van der Waals surface area contributed by atoms with Gasteiger partial charge in [-0.3, -0.25) is 24.1 Å². The van der Waals surface area contributed by atoms with Crippen LogP contribution < -0.4 is 20.7 Å². The van der Waals surface area contributed by atoms with Gasteiger partial charge in [0.15, 0.2) is 0 Å². The number of aromatic nitrogens is 1. The van der Waals surface area contributed by atoms with Gasteiger partial charge in [-0.05, 0) is 85.5 Å². The highest BCUT2D eigenvalue weighted by Crippen LogP contribution is 2.55. The van der Waals surface area contributed by atoms with Crippen LogP contribution in [0.2, 0.25) is 5.02 Å². The van der Waals surface area contributed by atoms with Crippen molar-refractivity contribution in [1.29, 1.82) is 5.26 Å². The first-order chi connectivity index (χ1) is 34.6. The van der Waals surface area contributed by atoms with Gasteiger partial charge in [0.1, 0.15) is 30.0 Å². The van der Waals surface area contributed by atoms with E-state index in [2.05, 4.69) is 64.5 Å². The number of aliphatic hydroxyl groups is 2. The minimum atomic E-state index is -0.981. The number of thiazole rings is 1. The summed E-state index contributed by atoms with van der Waals surface area (Å²) in [5, 5.41) is 40.0. The largest absolute Gasteiger partial charge is 0.489 e. The Bertz CT molecular complexity index is 2670. The molecule has 4 aromatic rings. The van der Waals surface area contributed by atoms with E-state index in [0.29, 0.717) is 27.5 Å². The molecule has 15 nitrogen and oxygen atoms in total. The number of nitrogens with zero attached hydrogens (tertiary/aromatic N) is 5. The van der Waals surface area contributed by atoms with Gasteiger partial charge in [-0.15, -0.1) is 11.3 Å². The summed E-state index contributed by atoms with van der Waals surface area (Å²) in [6.45, 7) is 18.3. The normalized spacial score (nSPS) is 24.2. The number of halogens is 1. The van der Waals surface area contributed by atoms with Gasteiger partial charge in [-0.2, -0.15) is 5.26 Å². The highest BCUT2D eigenvalue weighted by atomic mass is 35.5. The minimum absolute atomic E-state index is 0.0416. The second-order valence-electron chi connectivity index (χ2n) is 22.8. The van der Waals surface area contributed by atoms with E-state index < -0.39 is 41.5 Å².